The van der Waals surface area contributed by atoms with E-state index in [4.69, 9.17) is 5.73 Å². The van der Waals surface area contributed by atoms with Crippen LogP contribution >= 0.6 is 0 Å². The molecule has 0 aliphatic carbocycles. The van der Waals surface area contributed by atoms with Crippen molar-refractivity contribution in [3.63, 3.8) is 0 Å². The molecule has 0 aromatic carbocycles. The number of carbonyl (C=O) groups excluding carboxylic acids is 1. The summed E-state index contributed by atoms with van der Waals surface area (Å²) >= 11 is 0. The highest BCUT2D eigenvalue weighted by atomic mass is 16.2. The van der Waals surface area contributed by atoms with E-state index in [0.717, 1.165) is 39.0 Å². The zero-order valence-corrected chi connectivity index (χ0v) is 8.25. The molecule has 0 unspecified atom stereocenters. The van der Waals surface area contributed by atoms with Gasteiger partial charge in [-0.1, -0.05) is 13.3 Å². The van der Waals surface area contributed by atoms with E-state index in [2.05, 4.69) is 5.32 Å². The largest absolute Gasteiger partial charge is 0.339 e. The van der Waals surface area contributed by atoms with Crippen LogP contribution < -0.4 is 11.1 Å². The van der Waals surface area contributed by atoms with Crippen LogP contribution in [-0.2, 0) is 4.79 Å². The Balaban J connectivity index is 2.36. The van der Waals surface area contributed by atoms with Crippen LogP contribution in [0.2, 0.25) is 0 Å². The molecular formula is C9H19N3O. The molecule has 1 saturated heterocycles. The van der Waals surface area contributed by atoms with Gasteiger partial charge in [0.05, 0.1) is 6.04 Å². The molecule has 0 aromatic heterocycles. The summed E-state index contributed by atoms with van der Waals surface area (Å²) in [6.45, 7) is 5.44. The second kappa shape index (κ2) is 5.19. The Bertz CT molecular complexity index is 166. The number of nitrogens with two attached hydrogens (primary N) is 1. The van der Waals surface area contributed by atoms with Gasteiger partial charge in [0.15, 0.2) is 0 Å². The molecule has 0 radical (unpaired) electrons. The number of hydrogen-bond donors (Lipinski definition) is 2. The van der Waals surface area contributed by atoms with Gasteiger partial charge in [-0.15, -0.1) is 0 Å². The highest BCUT2D eigenvalue weighted by Crippen LogP contribution is 2.01. The molecule has 4 heteroatoms. The van der Waals surface area contributed by atoms with Crippen LogP contribution in [0.25, 0.3) is 0 Å². The van der Waals surface area contributed by atoms with Crippen molar-refractivity contribution < 1.29 is 4.79 Å². The summed E-state index contributed by atoms with van der Waals surface area (Å²) in [6.07, 6.45) is 1.77. The van der Waals surface area contributed by atoms with Gasteiger partial charge in [0.1, 0.15) is 0 Å². The third-order valence-corrected chi connectivity index (χ3v) is 2.35. The van der Waals surface area contributed by atoms with Crippen LogP contribution in [0.1, 0.15) is 19.8 Å². The Morgan fingerprint density at radius 1 is 1.54 bits per heavy atom. The minimum Gasteiger partial charge on any atom is -0.339 e. The van der Waals surface area contributed by atoms with Crippen LogP contribution in [-0.4, -0.2) is 43.0 Å². The highest BCUT2D eigenvalue weighted by molar-refractivity contribution is 5.81. The van der Waals surface area contributed by atoms with E-state index in [0.29, 0.717) is 0 Å². The second-order valence-corrected chi connectivity index (χ2v) is 3.47. The van der Waals surface area contributed by atoms with Crippen LogP contribution in [0.4, 0.5) is 0 Å². The van der Waals surface area contributed by atoms with Gasteiger partial charge in [0.25, 0.3) is 0 Å². The molecule has 1 rings (SSSR count). The maximum atomic E-state index is 11.7. The molecule has 1 atom stereocenters. The van der Waals surface area contributed by atoms with Gasteiger partial charge in [-0.2, -0.15) is 0 Å². The Morgan fingerprint density at radius 3 is 2.69 bits per heavy atom. The number of nitrogens with one attached hydrogen (secondary N) is 1. The van der Waals surface area contributed by atoms with Crippen molar-refractivity contribution >= 4 is 5.91 Å². The first-order chi connectivity index (χ1) is 6.25. The molecule has 76 valence electrons. The molecular weight excluding hydrogens is 166 g/mol. The van der Waals surface area contributed by atoms with Crippen molar-refractivity contribution in [2.75, 3.05) is 26.2 Å². The monoisotopic (exact) mass is 185 g/mol. The van der Waals surface area contributed by atoms with Gasteiger partial charge in [-0.05, 0) is 6.42 Å². The van der Waals surface area contributed by atoms with E-state index in [1.807, 2.05) is 11.8 Å². The third-order valence-electron chi connectivity index (χ3n) is 2.35. The summed E-state index contributed by atoms with van der Waals surface area (Å²) in [4.78, 5) is 13.5. The summed E-state index contributed by atoms with van der Waals surface area (Å²) in [6, 6.07) is -0.289. The normalized spacial score (nSPS) is 20.0. The first-order valence-electron chi connectivity index (χ1n) is 5.00. The molecule has 1 aliphatic rings. The maximum Gasteiger partial charge on any atom is 0.239 e. The van der Waals surface area contributed by atoms with Gasteiger partial charge in [0.2, 0.25) is 5.91 Å². The second-order valence-electron chi connectivity index (χ2n) is 3.47. The number of rotatable bonds is 3. The van der Waals surface area contributed by atoms with Gasteiger partial charge in [0, 0.05) is 26.2 Å². The van der Waals surface area contributed by atoms with Crippen molar-refractivity contribution in [2.24, 2.45) is 5.73 Å². The van der Waals surface area contributed by atoms with Crippen LogP contribution in [0, 0.1) is 0 Å². The average Bonchev–Trinajstić information content (AvgIpc) is 2.18. The van der Waals surface area contributed by atoms with Gasteiger partial charge >= 0.3 is 0 Å². The predicted molar refractivity (Wildman–Crippen MR) is 52.3 cm³/mol. The van der Waals surface area contributed by atoms with Gasteiger partial charge in [-0.3, -0.25) is 4.79 Å². The standard InChI is InChI=1S/C9H19N3O/c1-2-3-8(10)9(13)12-6-4-11-5-7-12/h8,11H,2-7,10H2,1H3/t8-/m0/s1. The molecule has 3 N–H and O–H groups in total. The van der Waals surface area contributed by atoms with E-state index in [-0.39, 0.29) is 11.9 Å². The fourth-order valence-corrected chi connectivity index (χ4v) is 1.55. The summed E-state index contributed by atoms with van der Waals surface area (Å²) in [7, 11) is 0. The minimum absolute atomic E-state index is 0.114. The highest BCUT2D eigenvalue weighted by Gasteiger charge is 2.21. The topological polar surface area (TPSA) is 58.4 Å². The van der Waals surface area contributed by atoms with Crippen LogP contribution in [0.5, 0.6) is 0 Å². The zero-order valence-electron chi connectivity index (χ0n) is 8.25. The van der Waals surface area contributed by atoms with Crippen LogP contribution in [0.15, 0.2) is 0 Å². The average molecular weight is 185 g/mol. The molecule has 0 saturated carbocycles. The van der Waals surface area contributed by atoms with Gasteiger partial charge in [-0.25, -0.2) is 0 Å². The van der Waals surface area contributed by atoms with E-state index in [1.54, 1.807) is 0 Å². The summed E-state index contributed by atoms with van der Waals surface area (Å²) in [5.74, 6) is 0.114. The van der Waals surface area contributed by atoms with Crippen molar-refractivity contribution in [1.29, 1.82) is 0 Å². The van der Waals surface area contributed by atoms with E-state index in [9.17, 15) is 4.79 Å². The van der Waals surface area contributed by atoms with E-state index >= 15 is 0 Å². The van der Waals surface area contributed by atoms with Crippen molar-refractivity contribution in [2.45, 2.75) is 25.8 Å². The molecule has 0 aromatic rings. The number of hydrogen-bond acceptors (Lipinski definition) is 3. The molecule has 4 nitrogen and oxygen atoms in total. The molecule has 0 spiro atoms. The quantitative estimate of drug-likeness (QED) is 0.626. The molecule has 13 heavy (non-hydrogen) atoms. The molecule has 0 bridgehead atoms. The number of nitrogens with zero attached hydrogens (tertiary/aromatic N) is 1. The molecule has 1 fully saturated rings. The molecule has 1 aliphatic heterocycles. The lowest BCUT2D eigenvalue weighted by atomic mass is 10.1. The lowest BCUT2D eigenvalue weighted by Gasteiger charge is -2.29. The Kier molecular flexibility index (Phi) is 4.18. The van der Waals surface area contributed by atoms with Crippen LogP contribution in [0.3, 0.4) is 0 Å². The predicted octanol–water partition coefficient (Wildman–Crippen LogP) is -0.454. The number of carbonyl (C=O) groups is 1. The summed E-state index contributed by atoms with van der Waals surface area (Å²) < 4.78 is 0. The molecule has 1 heterocycles. The lowest BCUT2D eigenvalue weighted by molar-refractivity contribution is -0.133. The smallest absolute Gasteiger partial charge is 0.239 e. The van der Waals surface area contributed by atoms with E-state index < -0.39 is 0 Å². The lowest BCUT2D eigenvalue weighted by Crippen LogP contribution is -2.51. The van der Waals surface area contributed by atoms with E-state index in [1.165, 1.54) is 0 Å². The van der Waals surface area contributed by atoms with Crippen molar-refractivity contribution in [3.8, 4) is 0 Å². The fourth-order valence-electron chi connectivity index (χ4n) is 1.55. The Labute approximate surface area is 79.5 Å². The first kappa shape index (κ1) is 10.5. The van der Waals surface area contributed by atoms with Gasteiger partial charge < -0.3 is 16.0 Å². The fraction of sp³-hybridized carbons (Fsp3) is 0.889. The maximum absolute atomic E-state index is 11.7. The minimum atomic E-state index is -0.289. The first-order valence-corrected chi connectivity index (χ1v) is 5.00. The molecule has 1 amide bonds. The number of piperazine rings is 1. The Morgan fingerprint density at radius 2 is 2.15 bits per heavy atom. The zero-order chi connectivity index (χ0) is 9.68. The summed E-state index contributed by atoms with van der Waals surface area (Å²) in [5, 5.41) is 3.21. The van der Waals surface area contributed by atoms with Crippen molar-refractivity contribution in [1.82, 2.24) is 10.2 Å². The third kappa shape index (κ3) is 2.97. The Hall–Kier alpha value is -0.610. The summed E-state index contributed by atoms with van der Waals surface area (Å²) in [5.41, 5.74) is 5.75. The van der Waals surface area contributed by atoms with Crippen molar-refractivity contribution in [3.05, 3.63) is 0 Å². The number of amides is 1. The SMILES string of the molecule is CCC[C@H](N)C(=O)N1CCNCC1.